The minimum atomic E-state index is 0.501. The maximum Gasteiger partial charge on any atom is 0.0630 e. The van der Waals surface area contributed by atoms with Crippen molar-refractivity contribution in [2.45, 2.75) is 32.2 Å². The summed E-state index contributed by atoms with van der Waals surface area (Å²) in [6, 6.07) is 0.501. The lowest BCUT2D eigenvalue weighted by molar-refractivity contribution is 0.0366. The van der Waals surface area contributed by atoms with Gasteiger partial charge in [0.25, 0.3) is 0 Å². The Balaban J connectivity index is 2.39. The Bertz CT molecular complexity index is 198. The van der Waals surface area contributed by atoms with E-state index in [0.717, 1.165) is 32.8 Å². The molecule has 108 valence electrons. The minimum Gasteiger partial charge on any atom is -0.384 e. The molecule has 2 unspecified atom stereocenters. The number of hydrogen-bond acceptors (Lipinski definition) is 4. The summed E-state index contributed by atoms with van der Waals surface area (Å²) in [6.45, 7) is 8.37. The highest BCUT2D eigenvalue weighted by Crippen LogP contribution is 2.18. The molecule has 0 aromatic rings. The van der Waals surface area contributed by atoms with Gasteiger partial charge in [-0.3, -0.25) is 4.90 Å². The molecule has 4 nitrogen and oxygen atoms in total. The number of piperidine rings is 1. The van der Waals surface area contributed by atoms with Crippen LogP contribution < -0.4 is 5.32 Å². The average Bonchev–Trinajstić information content (AvgIpc) is 2.39. The van der Waals surface area contributed by atoms with Crippen LogP contribution in [0.3, 0.4) is 0 Å². The molecule has 0 radical (unpaired) electrons. The first kappa shape index (κ1) is 15.9. The number of nitrogens with zero attached hydrogens (tertiary/aromatic N) is 1. The molecule has 0 aromatic heterocycles. The normalized spacial score (nSPS) is 23.2. The van der Waals surface area contributed by atoms with Gasteiger partial charge in [-0.15, -0.1) is 0 Å². The standard InChI is InChI=1S/C14H30N2O2/c1-4-7-15-9-14(12-18-3)16-8-5-6-13(10-16)11-17-2/h13-15H,4-12H2,1-3H3. The molecule has 2 atom stereocenters. The van der Waals surface area contributed by atoms with Crippen molar-refractivity contribution in [3.8, 4) is 0 Å². The Morgan fingerprint density at radius 1 is 1.33 bits per heavy atom. The van der Waals surface area contributed by atoms with Crippen LogP contribution in [0, 0.1) is 5.92 Å². The zero-order valence-electron chi connectivity index (χ0n) is 12.3. The second kappa shape index (κ2) is 9.73. The van der Waals surface area contributed by atoms with E-state index in [0.29, 0.717) is 12.0 Å². The molecule has 0 spiro atoms. The minimum absolute atomic E-state index is 0.501. The van der Waals surface area contributed by atoms with Gasteiger partial charge >= 0.3 is 0 Å². The highest BCUT2D eigenvalue weighted by Gasteiger charge is 2.25. The zero-order chi connectivity index (χ0) is 13.2. The smallest absolute Gasteiger partial charge is 0.0630 e. The Hall–Kier alpha value is -0.160. The fraction of sp³-hybridized carbons (Fsp3) is 1.00. The van der Waals surface area contributed by atoms with Gasteiger partial charge < -0.3 is 14.8 Å². The molecular weight excluding hydrogens is 228 g/mol. The summed E-state index contributed by atoms with van der Waals surface area (Å²) in [7, 11) is 3.60. The Kier molecular flexibility index (Phi) is 8.59. The number of likely N-dealkylation sites (tertiary alicyclic amines) is 1. The van der Waals surface area contributed by atoms with Crippen molar-refractivity contribution in [1.29, 1.82) is 0 Å². The van der Waals surface area contributed by atoms with Crippen molar-refractivity contribution in [3.63, 3.8) is 0 Å². The SMILES string of the molecule is CCCNCC(COC)N1CCCC(COC)C1. The molecule has 0 amide bonds. The van der Waals surface area contributed by atoms with E-state index < -0.39 is 0 Å². The summed E-state index contributed by atoms with van der Waals surface area (Å²) in [6.07, 6.45) is 3.76. The molecule has 1 N–H and O–H groups in total. The first-order valence-electron chi connectivity index (χ1n) is 7.24. The van der Waals surface area contributed by atoms with Gasteiger partial charge in [0.15, 0.2) is 0 Å². The fourth-order valence-corrected chi connectivity index (χ4v) is 2.73. The third kappa shape index (κ3) is 5.65. The molecular formula is C14H30N2O2. The van der Waals surface area contributed by atoms with Crippen LogP contribution in [0.5, 0.6) is 0 Å². The molecule has 0 bridgehead atoms. The third-order valence-electron chi connectivity index (χ3n) is 3.63. The fourth-order valence-electron chi connectivity index (χ4n) is 2.73. The molecule has 1 fully saturated rings. The Morgan fingerprint density at radius 2 is 2.17 bits per heavy atom. The van der Waals surface area contributed by atoms with Crippen LogP contribution in [0.4, 0.5) is 0 Å². The number of rotatable bonds is 9. The maximum atomic E-state index is 5.37. The van der Waals surface area contributed by atoms with Crippen LogP contribution in [0.1, 0.15) is 26.2 Å². The van der Waals surface area contributed by atoms with Crippen molar-refractivity contribution in [3.05, 3.63) is 0 Å². The molecule has 1 saturated heterocycles. The van der Waals surface area contributed by atoms with Gasteiger partial charge in [-0.25, -0.2) is 0 Å². The van der Waals surface area contributed by atoms with Gasteiger partial charge in [0.05, 0.1) is 13.2 Å². The second-order valence-corrected chi connectivity index (χ2v) is 5.27. The van der Waals surface area contributed by atoms with Crippen LogP contribution >= 0.6 is 0 Å². The molecule has 0 aromatic carbocycles. The van der Waals surface area contributed by atoms with Gasteiger partial charge in [-0.1, -0.05) is 6.92 Å². The van der Waals surface area contributed by atoms with Gasteiger partial charge in [0.2, 0.25) is 0 Å². The highest BCUT2D eigenvalue weighted by molar-refractivity contribution is 4.80. The lowest BCUT2D eigenvalue weighted by atomic mass is 9.97. The highest BCUT2D eigenvalue weighted by atomic mass is 16.5. The van der Waals surface area contributed by atoms with Crippen molar-refractivity contribution < 1.29 is 9.47 Å². The van der Waals surface area contributed by atoms with Gasteiger partial charge in [-0.05, 0) is 38.3 Å². The van der Waals surface area contributed by atoms with E-state index in [-0.39, 0.29) is 0 Å². The molecule has 18 heavy (non-hydrogen) atoms. The summed E-state index contributed by atoms with van der Waals surface area (Å²) in [4.78, 5) is 2.57. The predicted molar refractivity (Wildman–Crippen MR) is 75.0 cm³/mol. The molecule has 1 rings (SSSR count). The van der Waals surface area contributed by atoms with E-state index in [1.165, 1.54) is 25.8 Å². The summed E-state index contributed by atoms with van der Waals surface area (Å²) < 4.78 is 10.7. The largest absolute Gasteiger partial charge is 0.384 e. The number of methoxy groups -OCH3 is 2. The molecule has 1 aliphatic rings. The van der Waals surface area contributed by atoms with E-state index in [9.17, 15) is 0 Å². The van der Waals surface area contributed by atoms with E-state index in [1.807, 2.05) is 0 Å². The van der Waals surface area contributed by atoms with Crippen LogP contribution in [0.15, 0.2) is 0 Å². The predicted octanol–water partition coefficient (Wildman–Crippen LogP) is 1.36. The van der Waals surface area contributed by atoms with Crippen LogP contribution in [-0.2, 0) is 9.47 Å². The van der Waals surface area contributed by atoms with Gasteiger partial charge in [0.1, 0.15) is 0 Å². The third-order valence-corrected chi connectivity index (χ3v) is 3.63. The van der Waals surface area contributed by atoms with E-state index in [1.54, 1.807) is 14.2 Å². The van der Waals surface area contributed by atoms with Gasteiger partial charge in [0, 0.05) is 33.4 Å². The van der Waals surface area contributed by atoms with E-state index >= 15 is 0 Å². The van der Waals surface area contributed by atoms with E-state index in [4.69, 9.17) is 9.47 Å². The number of hydrogen-bond donors (Lipinski definition) is 1. The average molecular weight is 258 g/mol. The van der Waals surface area contributed by atoms with Crippen molar-refractivity contribution in [1.82, 2.24) is 10.2 Å². The van der Waals surface area contributed by atoms with Crippen molar-refractivity contribution in [2.24, 2.45) is 5.92 Å². The van der Waals surface area contributed by atoms with Crippen LogP contribution in [0.2, 0.25) is 0 Å². The Labute approximate surface area is 112 Å². The molecule has 0 saturated carbocycles. The topological polar surface area (TPSA) is 33.7 Å². The molecule has 4 heteroatoms. The molecule has 1 aliphatic heterocycles. The summed E-state index contributed by atoms with van der Waals surface area (Å²) in [5, 5.41) is 3.51. The maximum absolute atomic E-state index is 5.37. The number of nitrogens with one attached hydrogen (secondary N) is 1. The lowest BCUT2D eigenvalue weighted by Crippen LogP contribution is -2.50. The lowest BCUT2D eigenvalue weighted by Gasteiger charge is -2.38. The number of ether oxygens (including phenoxy) is 2. The summed E-state index contributed by atoms with van der Waals surface area (Å²) in [5.74, 6) is 0.689. The van der Waals surface area contributed by atoms with Crippen LogP contribution in [-0.4, -0.2) is 64.6 Å². The quantitative estimate of drug-likeness (QED) is 0.633. The second-order valence-electron chi connectivity index (χ2n) is 5.27. The zero-order valence-corrected chi connectivity index (χ0v) is 12.3. The summed E-state index contributed by atoms with van der Waals surface area (Å²) in [5.41, 5.74) is 0. The Morgan fingerprint density at radius 3 is 2.83 bits per heavy atom. The first-order chi connectivity index (χ1) is 8.81. The van der Waals surface area contributed by atoms with Crippen LogP contribution in [0.25, 0.3) is 0 Å². The van der Waals surface area contributed by atoms with Crippen molar-refractivity contribution in [2.75, 3.05) is 53.6 Å². The van der Waals surface area contributed by atoms with E-state index in [2.05, 4.69) is 17.1 Å². The monoisotopic (exact) mass is 258 g/mol. The summed E-state index contributed by atoms with van der Waals surface area (Å²) >= 11 is 0. The first-order valence-corrected chi connectivity index (χ1v) is 7.24. The molecule has 1 heterocycles. The van der Waals surface area contributed by atoms with Gasteiger partial charge in [-0.2, -0.15) is 0 Å². The molecule has 0 aliphatic carbocycles. The van der Waals surface area contributed by atoms with Crippen molar-refractivity contribution >= 4 is 0 Å².